The van der Waals surface area contributed by atoms with Crippen molar-refractivity contribution in [3.63, 3.8) is 0 Å². The predicted octanol–water partition coefficient (Wildman–Crippen LogP) is -0.177. The number of hydrogen-bond acceptors (Lipinski definition) is 4. The fourth-order valence-electron chi connectivity index (χ4n) is 2.57. The second-order valence-electron chi connectivity index (χ2n) is 5.92. The molecule has 0 aliphatic carbocycles. The van der Waals surface area contributed by atoms with Crippen LogP contribution in [0.3, 0.4) is 0 Å². The Morgan fingerprint density at radius 2 is 2.33 bits per heavy atom. The summed E-state index contributed by atoms with van der Waals surface area (Å²) >= 11 is 0. The van der Waals surface area contributed by atoms with Gasteiger partial charge in [-0.1, -0.05) is 0 Å². The highest BCUT2D eigenvalue weighted by Gasteiger charge is 2.33. The third-order valence-electron chi connectivity index (χ3n) is 3.86. The third kappa shape index (κ3) is 3.93. The van der Waals surface area contributed by atoms with Gasteiger partial charge in [0.25, 0.3) is 0 Å². The average molecular weight is 255 g/mol. The van der Waals surface area contributed by atoms with Crippen LogP contribution in [-0.2, 0) is 9.53 Å². The first kappa shape index (κ1) is 13.8. The zero-order chi connectivity index (χ0) is 13.0. The molecule has 0 saturated carbocycles. The van der Waals surface area contributed by atoms with E-state index in [1.807, 2.05) is 6.92 Å². The van der Waals surface area contributed by atoms with Crippen molar-refractivity contribution < 1.29 is 9.53 Å². The van der Waals surface area contributed by atoms with E-state index in [-0.39, 0.29) is 18.1 Å². The standard InChI is InChI=1S/C13H25N3O2/c1-13(9-14-10-13)18-8-12(17)15-6-11-4-3-5-16(2)7-11/h11,14H,3-10H2,1-2H3,(H,15,17). The number of nitrogens with one attached hydrogen (secondary N) is 2. The Bertz CT molecular complexity index is 292. The molecule has 0 spiro atoms. The lowest BCUT2D eigenvalue weighted by Gasteiger charge is -2.38. The maximum atomic E-state index is 11.7. The fraction of sp³-hybridized carbons (Fsp3) is 0.923. The van der Waals surface area contributed by atoms with Gasteiger partial charge in [-0.3, -0.25) is 4.79 Å². The molecule has 0 aromatic heterocycles. The minimum absolute atomic E-state index is 0.0105. The van der Waals surface area contributed by atoms with E-state index in [4.69, 9.17) is 4.74 Å². The molecule has 0 bridgehead atoms. The molecule has 104 valence electrons. The van der Waals surface area contributed by atoms with Gasteiger partial charge in [0, 0.05) is 26.2 Å². The molecule has 0 radical (unpaired) electrons. The Balaban J connectivity index is 1.59. The number of amides is 1. The van der Waals surface area contributed by atoms with Crippen LogP contribution in [0.5, 0.6) is 0 Å². The number of hydrogen-bond donors (Lipinski definition) is 2. The van der Waals surface area contributed by atoms with Gasteiger partial charge in [0.2, 0.25) is 5.91 Å². The first-order valence-electron chi connectivity index (χ1n) is 6.87. The summed E-state index contributed by atoms with van der Waals surface area (Å²) in [6.45, 7) is 6.94. The second-order valence-corrected chi connectivity index (χ2v) is 5.92. The van der Waals surface area contributed by atoms with Crippen LogP contribution < -0.4 is 10.6 Å². The zero-order valence-corrected chi connectivity index (χ0v) is 11.5. The summed E-state index contributed by atoms with van der Waals surface area (Å²) in [4.78, 5) is 14.0. The van der Waals surface area contributed by atoms with Crippen molar-refractivity contribution in [1.29, 1.82) is 0 Å². The topological polar surface area (TPSA) is 53.6 Å². The summed E-state index contributed by atoms with van der Waals surface area (Å²) in [6, 6.07) is 0. The van der Waals surface area contributed by atoms with E-state index in [1.165, 1.54) is 19.4 Å². The number of rotatable bonds is 5. The van der Waals surface area contributed by atoms with Gasteiger partial charge >= 0.3 is 0 Å². The molecule has 2 fully saturated rings. The molecular formula is C13H25N3O2. The van der Waals surface area contributed by atoms with Crippen LogP contribution in [0.25, 0.3) is 0 Å². The number of nitrogens with zero attached hydrogens (tertiary/aromatic N) is 1. The molecule has 1 amide bonds. The van der Waals surface area contributed by atoms with Crippen LogP contribution in [0.15, 0.2) is 0 Å². The van der Waals surface area contributed by atoms with Gasteiger partial charge < -0.3 is 20.3 Å². The van der Waals surface area contributed by atoms with Crippen molar-refractivity contribution in [1.82, 2.24) is 15.5 Å². The molecular weight excluding hydrogens is 230 g/mol. The van der Waals surface area contributed by atoms with Crippen LogP contribution in [-0.4, -0.2) is 62.8 Å². The van der Waals surface area contributed by atoms with Crippen LogP contribution in [0.1, 0.15) is 19.8 Å². The predicted molar refractivity (Wildman–Crippen MR) is 70.5 cm³/mol. The van der Waals surface area contributed by atoms with E-state index in [2.05, 4.69) is 22.6 Å². The Labute approximate surface area is 109 Å². The molecule has 2 heterocycles. The molecule has 1 atom stereocenters. The van der Waals surface area contributed by atoms with Crippen LogP contribution >= 0.6 is 0 Å². The van der Waals surface area contributed by atoms with Crippen LogP contribution in [0, 0.1) is 5.92 Å². The summed E-state index contributed by atoms with van der Waals surface area (Å²) in [5.41, 5.74) is -0.137. The maximum Gasteiger partial charge on any atom is 0.246 e. The third-order valence-corrected chi connectivity index (χ3v) is 3.86. The van der Waals surface area contributed by atoms with Crippen LogP contribution in [0.4, 0.5) is 0 Å². The van der Waals surface area contributed by atoms with Gasteiger partial charge in [-0.25, -0.2) is 0 Å². The molecule has 0 aromatic rings. The summed E-state index contributed by atoms with van der Waals surface area (Å²) < 4.78 is 5.60. The van der Waals surface area contributed by atoms with Gasteiger partial charge in [0.1, 0.15) is 6.61 Å². The molecule has 18 heavy (non-hydrogen) atoms. The van der Waals surface area contributed by atoms with E-state index in [0.29, 0.717) is 5.92 Å². The molecule has 2 aliphatic rings. The summed E-state index contributed by atoms with van der Waals surface area (Å²) in [6.07, 6.45) is 2.45. The zero-order valence-electron chi connectivity index (χ0n) is 11.5. The molecule has 2 rings (SSSR count). The largest absolute Gasteiger partial charge is 0.363 e. The van der Waals surface area contributed by atoms with E-state index in [0.717, 1.165) is 26.2 Å². The smallest absolute Gasteiger partial charge is 0.246 e. The van der Waals surface area contributed by atoms with Crippen molar-refractivity contribution in [2.45, 2.75) is 25.4 Å². The molecule has 5 heteroatoms. The Morgan fingerprint density at radius 1 is 1.56 bits per heavy atom. The lowest BCUT2D eigenvalue weighted by Crippen LogP contribution is -2.59. The monoisotopic (exact) mass is 255 g/mol. The van der Waals surface area contributed by atoms with E-state index in [1.54, 1.807) is 0 Å². The van der Waals surface area contributed by atoms with Crippen molar-refractivity contribution in [2.24, 2.45) is 5.92 Å². The highest BCUT2D eigenvalue weighted by molar-refractivity contribution is 5.77. The van der Waals surface area contributed by atoms with Gasteiger partial charge in [0.05, 0.1) is 5.60 Å². The number of ether oxygens (including phenoxy) is 1. The van der Waals surface area contributed by atoms with Gasteiger partial charge in [0.15, 0.2) is 0 Å². The summed E-state index contributed by atoms with van der Waals surface area (Å²) in [7, 11) is 2.14. The van der Waals surface area contributed by atoms with Crippen molar-refractivity contribution in [3.8, 4) is 0 Å². The summed E-state index contributed by atoms with van der Waals surface area (Å²) in [5, 5.41) is 6.13. The van der Waals surface area contributed by atoms with Gasteiger partial charge in [-0.15, -0.1) is 0 Å². The van der Waals surface area contributed by atoms with E-state index >= 15 is 0 Å². The van der Waals surface area contributed by atoms with Gasteiger partial charge in [-0.05, 0) is 39.3 Å². The Kier molecular flexibility index (Phi) is 4.59. The number of piperidine rings is 1. The quantitative estimate of drug-likeness (QED) is 0.716. The highest BCUT2D eigenvalue weighted by atomic mass is 16.5. The molecule has 0 aromatic carbocycles. The second kappa shape index (κ2) is 5.99. The molecule has 5 nitrogen and oxygen atoms in total. The van der Waals surface area contributed by atoms with Crippen molar-refractivity contribution >= 4 is 5.91 Å². The number of carbonyl (C=O) groups is 1. The molecule has 2 aliphatic heterocycles. The maximum absolute atomic E-state index is 11.7. The Morgan fingerprint density at radius 3 is 2.94 bits per heavy atom. The van der Waals surface area contributed by atoms with Gasteiger partial charge in [-0.2, -0.15) is 0 Å². The lowest BCUT2D eigenvalue weighted by molar-refractivity contribution is -0.136. The first-order valence-corrected chi connectivity index (χ1v) is 6.87. The lowest BCUT2D eigenvalue weighted by atomic mass is 9.98. The molecule has 2 saturated heterocycles. The minimum atomic E-state index is -0.137. The first-order chi connectivity index (χ1) is 8.57. The summed E-state index contributed by atoms with van der Waals surface area (Å²) in [5.74, 6) is 0.602. The van der Waals surface area contributed by atoms with E-state index in [9.17, 15) is 4.79 Å². The van der Waals surface area contributed by atoms with Crippen molar-refractivity contribution in [3.05, 3.63) is 0 Å². The average Bonchev–Trinajstić information content (AvgIpc) is 2.31. The normalized spacial score (nSPS) is 27.6. The van der Waals surface area contributed by atoms with Crippen LogP contribution in [0.2, 0.25) is 0 Å². The minimum Gasteiger partial charge on any atom is -0.363 e. The van der Waals surface area contributed by atoms with E-state index < -0.39 is 0 Å². The SMILES string of the molecule is CN1CCCC(CNC(=O)COC2(C)CNC2)C1. The molecule has 1 unspecified atom stereocenters. The highest BCUT2D eigenvalue weighted by Crippen LogP contribution is 2.15. The molecule has 2 N–H and O–H groups in total. The Hall–Kier alpha value is -0.650. The number of carbonyl (C=O) groups excluding carboxylic acids is 1. The number of likely N-dealkylation sites (tertiary alicyclic amines) is 1. The fourth-order valence-corrected chi connectivity index (χ4v) is 2.57. The van der Waals surface area contributed by atoms with Crippen molar-refractivity contribution in [2.75, 3.05) is 46.4 Å².